The molecule has 1 aliphatic heterocycles. The standard InChI is InChI=1S/C26H40N4O3/c1-27-24(31)22(17-10-13-19-11-4-2-5-12-19)29-26(33)23(20-14-6-3-7-15-20)30-25(32)21-16-8-9-18-28-21/h2,4-5,11-12,20-23,28H,3,6-10,13-18H2,1H3,(H,27,31)(H,29,33)(H,30,32)/t21-,22+,23+/m0/s1. The van der Waals surface area contributed by atoms with Crippen LogP contribution in [0.1, 0.15) is 69.8 Å². The van der Waals surface area contributed by atoms with Gasteiger partial charge in [-0.1, -0.05) is 56.0 Å². The predicted octanol–water partition coefficient (Wildman–Crippen LogP) is 2.45. The van der Waals surface area contributed by atoms with Crippen molar-refractivity contribution in [1.29, 1.82) is 0 Å². The minimum absolute atomic E-state index is 0.0963. The molecule has 7 nitrogen and oxygen atoms in total. The number of amides is 3. The van der Waals surface area contributed by atoms with E-state index < -0.39 is 12.1 Å². The highest BCUT2D eigenvalue weighted by Gasteiger charge is 2.34. The van der Waals surface area contributed by atoms with Crippen LogP contribution < -0.4 is 21.3 Å². The first-order valence-corrected chi connectivity index (χ1v) is 12.7. The topological polar surface area (TPSA) is 99.3 Å². The maximum atomic E-state index is 13.4. The molecule has 7 heteroatoms. The summed E-state index contributed by atoms with van der Waals surface area (Å²) >= 11 is 0. The number of benzene rings is 1. The van der Waals surface area contributed by atoms with Crippen molar-refractivity contribution in [2.24, 2.45) is 5.92 Å². The Kier molecular flexibility index (Phi) is 10.2. The Labute approximate surface area is 197 Å². The average Bonchev–Trinajstić information content (AvgIpc) is 2.87. The van der Waals surface area contributed by atoms with Gasteiger partial charge in [-0.15, -0.1) is 0 Å². The molecule has 1 aliphatic carbocycles. The van der Waals surface area contributed by atoms with Gasteiger partial charge in [-0.25, -0.2) is 0 Å². The molecule has 3 rings (SSSR count). The molecule has 2 aliphatic rings. The van der Waals surface area contributed by atoms with E-state index >= 15 is 0 Å². The number of aryl methyl sites for hydroxylation is 1. The number of nitrogens with one attached hydrogen (secondary N) is 4. The van der Waals surface area contributed by atoms with Gasteiger partial charge in [0.25, 0.3) is 0 Å². The fraction of sp³-hybridized carbons (Fsp3) is 0.654. The van der Waals surface area contributed by atoms with Crippen molar-refractivity contribution in [3.8, 4) is 0 Å². The van der Waals surface area contributed by atoms with Crippen molar-refractivity contribution in [3.05, 3.63) is 35.9 Å². The second kappa shape index (κ2) is 13.3. The Morgan fingerprint density at radius 1 is 0.939 bits per heavy atom. The molecule has 0 radical (unpaired) electrons. The van der Waals surface area contributed by atoms with Gasteiger partial charge in [0, 0.05) is 7.05 Å². The van der Waals surface area contributed by atoms with E-state index in [0.717, 1.165) is 64.3 Å². The van der Waals surface area contributed by atoms with E-state index in [9.17, 15) is 14.4 Å². The molecule has 3 amide bonds. The van der Waals surface area contributed by atoms with E-state index in [1.54, 1.807) is 7.05 Å². The van der Waals surface area contributed by atoms with E-state index in [-0.39, 0.29) is 29.7 Å². The lowest BCUT2D eigenvalue weighted by atomic mass is 9.83. The van der Waals surface area contributed by atoms with Crippen LogP contribution in [0.15, 0.2) is 30.3 Å². The smallest absolute Gasteiger partial charge is 0.243 e. The van der Waals surface area contributed by atoms with E-state index in [2.05, 4.69) is 33.4 Å². The molecule has 0 unspecified atom stereocenters. The average molecular weight is 457 g/mol. The van der Waals surface area contributed by atoms with Gasteiger partial charge >= 0.3 is 0 Å². The number of hydrogen-bond acceptors (Lipinski definition) is 4. The summed E-state index contributed by atoms with van der Waals surface area (Å²) in [6, 6.07) is 8.70. The van der Waals surface area contributed by atoms with Crippen molar-refractivity contribution in [2.75, 3.05) is 13.6 Å². The Morgan fingerprint density at radius 3 is 2.33 bits per heavy atom. The van der Waals surface area contributed by atoms with Gasteiger partial charge < -0.3 is 21.3 Å². The third-order valence-corrected chi connectivity index (χ3v) is 7.01. The van der Waals surface area contributed by atoms with Crippen molar-refractivity contribution < 1.29 is 14.4 Å². The van der Waals surface area contributed by atoms with Gasteiger partial charge in [0.05, 0.1) is 6.04 Å². The number of likely N-dealkylation sites (N-methyl/N-ethyl adjacent to an activating group) is 1. The quantitative estimate of drug-likeness (QED) is 0.435. The van der Waals surface area contributed by atoms with Gasteiger partial charge in [0.1, 0.15) is 12.1 Å². The van der Waals surface area contributed by atoms with E-state index in [1.165, 1.54) is 12.0 Å². The van der Waals surface area contributed by atoms with E-state index in [1.807, 2.05) is 18.2 Å². The predicted molar refractivity (Wildman–Crippen MR) is 130 cm³/mol. The zero-order chi connectivity index (χ0) is 23.5. The summed E-state index contributed by atoms with van der Waals surface area (Å²) in [5, 5.41) is 12.0. The summed E-state index contributed by atoms with van der Waals surface area (Å²) in [6.07, 6.45) is 10.2. The maximum absolute atomic E-state index is 13.4. The first kappa shape index (κ1) is 25.2. The first-order valence-electron chi connectivity index (χ1n) is 12.7. The minimum atomic E-state index is -0.609. The van der Waals surface area contributed by atoms with Crippen molar-refractivity contribution in [3.63, 3.8) is 0 Å². The Hall–Kier alpha value is -2.41. The Bertz CT molecular complexity index is 758. The van der Waals surface area contributed by atoms with Gasteiger partial charge in [-0.2, -0.15) is 0 Å². The van der Waals surface area contributed by atoms with Crippen LogP contribution in [-0.2, 0) is 20.8 Å². The highest BCUT2D eigenvalue weighted by molar-refractivity contribution is 5.93. The molecule has 1 aromatic rings. The van der Waals surface area contributed by atoms with Crippen LogP contribution in [-0.4, -0.2) is 49.4 Å². The van der Waals surface area contributed by atoms with Crippen molar-refractivity contribution in [2.45, 2.75) is 88.8 Å². The number of carbonyl (C=O) groups is 3. The van der Waals surface area contributed by atoms with Crippen molar-refractivity contribution in [1.82, 2.24) is 21.3 Å². The molecule has 182 valence electrons. The summed E-state index contributed by atoms with van der Waals surface area (Å²) in [4.78, 5) is 38.9. The molecule has 2 fully saturated rings. The van der Waals surface area contributed by atoms with Crippen LogP contribution in [0.25, 0.3) is 0 Å². The molecule has 1 heterocycles. The first-order chi connectivity index (χ1) is 16.1. The molecule has 1 saturated carbocycles. The van der Waals surface area contributed by atoms with Crippen molar-refractivity contribution >= 4 is 17.7 Å². The number of carbonyl (C=O) groups excluding carboxylic acids is 3. The lowest BCUT2D eigenvalue weighted by molar-refractivity contribution is -0.134. The Morgan fingerprint density at radius 2 is 1.67 bits per heavy atom. The summed E-state index contributed by atoms with van der Waals surface area (Å²) in [6.45, 7) is 0.832. The fourth-order valence-electron chi connectivity index (χ4n) is 5.05. The molecule has 0 aromatic heterocycles. The van der Waals surface area contributed by atoms with Crippen LogP contribution in [0.2, 0.25) is 0 Å². The zero-order valence-electron chi connectivity index (χ0n) is 19.9. The maximum Gasteiger partial charge on any atom is 0.243 e. The van der Waals surface area contributed by atoms with Crippen LogP contribution in [0.4, 0.5) is 0 Å². The van der Waals surface area contributed by atoms with Crippen LogP contribution >= 0.6 is 0 Å². The largest absolute Gasteiger partial charge is 0.357 e. The van der Waals surface area contributed by atoms with Crippen LogP contribution in [0.3, 0.4) is 0 Å². The van der Waals surface area contributed by atoms with E-state index in [0.29, 0.717) is 6.42 Å². The monoisotopic (exact) mass is 456 g/mol. The molecule has 0 bridgehead atoms. The van der Waals surface area contributed by atoms with Gasteiger partial charge in [0.15, 0.2) is 0 Å². The van der Waals surface area contributed by atoms with E-state index in [4.69, 9.17) is 0 Å². The molecular formula is C26H40N4O3. The van der Waals surface area contributed by atoms with Gasteiger partial charge in [0.2, 0.25) is 17.7 Å². The third-order valence-electron chi connectivity index (χ3n) is 7.01. The molecule has 4 N–H and O–H groups in total. The normalized spacial score (nSPS) is 20.9. The highest BCUT2D eigenvalue weighted by atomic mass is 16.2. The third kappa shape index (κ3) is 7.84. The summed E-state index contributed by atoms with van der Waals surface area (Å²) in [5.74, 6) is -0.416. The zero-order valence-corrected chi connectivity index (χ0v) is 19.9. The molecule has 3 atom stereocenters. The summed E-state index contributed by atoms with van der Waals surface area (Å²) in [5.41, 5.74) is 1.21. The second-order valence-corrected chi connectivity index (χ2v) is 9.44. The Balaban J connectivity index is 1.63. The molecule has 1 aromatic carbocycles. The van der Waals surface area contributed by atoms with Gasteiger partial charge in [-0.3, -0.25) is 14.4 Å². The summed E-state index contributed by atoms with van der Waals surface area (Å²) < 4.78 is 0. The fourth-order valence-corrected chi connectivity index (χ4v) is 5.05. The van der Waals surface area contributed by atoms with Gasteiger partial charge in [-0.05, 0) is 63.0 Å². The number of rotatable bonds is 10. The molecule has 33 heavy (non-hydrogen) atoms. The minimum Gasteiger partial charge on any atom is -0.357 e. The van der Waals surface area contributed by atoms with Crippen LogP contribution in [0, 0.1) is 5.92 Å². The molecule has 1 saturated heterocycles. The molecular weight excluding hydrogens is 416 g/mol. The number of piperidine rings is 1. The molecule has 0 spiro atoms. The lowest BCUT2D eigenvalue weighted by Crippen LogP contribution is -2.59. The highest BCUT2D eigenvalue weighted by Crippen LogP contribution is 2.27. The second-order valence-electron chi connectivity index (χ2n) is 9.44. The van der Waals surface area contributed by atoms with Crippen LogP contribution in [0.5, 0.6) is 0 Å². The SMILES string of the molecule is CNC(=O)[C@@H](CCCc1ccccc1)NC(=O)[C@H](NC(=O)[C@@H]1CCCCN1)C1CCCCC1. The summed E-state index contributed by atoms with van der Waals surface area (Å²) in [7, 11) is 1.59. The lowest BCUT2D eigenvalue weighted by Gasteiger charge is -2.33. The number of hydrogen-bond donors (Lipinski definition) is 4.